The van der Waals surface area contributed by atoms with Crippen molar-refractivity contribution in [3.8, 4) is 11.8 Å². The molecule has 0 atom stereocenters. The molecule has 0 bridgehead atoms. The van der Waals surface area contributed by atoms with Crippen molar-refractivity contribution in [3.63, 3.8) is 0 Å². The molecule has 0 aliphatic heterocycles. The van der Waals surface area contributed by atoms with Crippen LogP contribution in [0.15, 0.2) is 24.3 Å². The van der Waals surface area contributed by atoms with Crippen molar-refractivity contribution in [2.24, 2.45) is 0 Å². The molecule has 1 rings (SSSR count). The molecule has 0 spiro atoms. The summed E-state index contributed by atoms with van der Waals surface area (Å²) in [5.74, 6) is -0.117. The predicted octanol–water partition coefficient (Wildman–Crippen LogP) is 1.70. The van der Waals surface area contributed by atoms with Crippen LogP contribution in [0.4, 0.5) is 0 Å². The van der Waals surface area contributed by atoms with Gasteiger partial charge in [0.05, 0.1) is 11.6 Å². The highest BCUT2D eigenvalue weighted by Crippen LogP contribution is 2.09. The topological polar surface area (TPSA) is 43.7 Å². The van der Waals surface area contributed by atoms with Crippen molar-refractivity contribution in [1.29, 1.82) is 5.26 Å². The molecule has 1 radical (unpaired) electrons. The van der Waals surface area contributed by atoms with E-state index < -0.39 is 0 Å². The van der Waals surface area contributed by atoms with Gasteiger partial charge in [0.1, 0.15) is 0 Å². The Morgan fingerprint density at radius 3 is 2.67 bits per heavy atom. The maximum Gasteiger partial charge on any atom is 0.179 e. The minimum absolute atomic E-state index is 0.117. The Balaban J connectivity index is 3.12. The number of benzene rings is 1. The summed E-state index contributed by atoms with van der Waals surface area (Å²) in [5.41, 5.74) is 0.419. The molecule has 2 heteroatoms. The van der Waals surface area contributed by atoms with E-state index in [1.54, 1.807) is 12.1 Å². The molecule has 0 saturated carbocycles. The fourth-order valence-electron chi connectivity index (χ4n) is 0.566. The average molecular weight is 118 g/mol. The summed E-state index contributed by atoms with van der Waals surface area (Å²) >= 11 is 0. The molecule has 0 amide bonds. The first kappa shape index (κ1) is 5.64. The largest absolute Gasteiger partial charge is 0.290 e. The molecule has 0 unspecified atom stereocenters. The highest BCUT2D eigenvalue weighted by Gasteiger charge is 1.90. The maximum absolute atomic E-state index is 10.5. The zero-order valence-electron chi connectivity index (χ0n) is 4.66. The van der Waals surface area contributed by atoms with E-state index in [2.05, 4.69) is 0 Å². The normalized spacial score (nSPS) is 8.33. The van der Waals surface area contributed by atoms with Crippen molar-refractivity contribution in [2.45, 2.75) is 0 Å². The highest BCUT2D eigenvalue weighted by atomic mass is 16.3. The number of nitrogens with zero attached hydrogens (tertiary/aromatic N) is 1. The molecule has 0 aliphatic carbocycles. The lowest BCUT2D eigenvalue weighted by Crippen LogP contribution is -1.68. The second-order valence-electron chi connectivity index (χ2n) is 1.64. The Morgan fingerprint density at radius 1 is 1.44 bits per heavy atom. The minimum atomic E-state index is -0.117. The number of nitriles is 1. The number of rotatable bonds is 0. The van der Waals surface area contributed by atoms with Crippen LogP contribution in [0.25, 0.3) is 0 Å². The van der Waals surface area contributed by atoms with Crippen LogP contribution in [0.1, 0.15) is 5.56 Å². The Hall–Kier alpha value is -1.49. The Bertz CT molecular complexity index is 249. The molecule has 0 heterocycles. The molecule has 0 aliphatic rings. The molecule has 0 aromatic heterocycles. The summed E-state index contributed by atoms with van der Waals surface area (Å²) in [6.45, 7) is 0. The van der Waals surface area contributed by atoms with E-state index in [9.17, 15) is 5.11 Å². The van der Waals surface area contributed by atoms with Gasteiger partial charge in [-0.3, -0.25) is 5.11 Å². The molecular formula is C7H4NO. The average Bonchev–Trinajstić information content (AvgIpc) is 1.88. The van der Waals surface area contributed by atoms with E-state index in [0.29, 0.717) is 5.56 Å². The van der Waals surface area contributed by atoms with Crippen molar-refractivity contribution in [2.75, 3.05) is 0 Å². The molecule has 1 aromatic rings. The fourth-order valence-corrected chi connectivity index (χ4v) is 0.566. The fraction of sp³-hybridized carbons (Fsp3) is 0. The zero-order valence-corrected chi connectivity index (χ0v) is 4.66. The van der Waals surface area contributed by atoms with Gasteiger partial charge in [0, 0.05) is 6.07 Å². The first-order valence-corrected chi connectivity index (χ1v) is 2.50. The van der Waals surface area contributed by atoms with Crippen LogP contribution in [0.5, 0.6) is 5.75 Å². The van der Waals surface area contributed by atoms with Gasteiger partial charge in [0.25, 0.3) is 0 Å². The summed E-state index contributed by atoms with van der Waals surface area (Å²) in [5, 5.41) is 18.8. The van der Waals surface area contributed by atoms with Crippen molar-refractivity contribution in [1.82, 2.24) is 0 Å². The third-order valence-electron chi connectivity index (χ3n) is 0.963. The van der Waals surface area contributed by atoms with Crippen LogP contribution in [0, 0.1) is 11.3 Å². The Kier molecular flexibility index (Phi) is 1.37. The highest BCUT2D eigenvalue weighted by molar-refractivity contribution is 5.34. The molecule has 43 valence electrons. The molecule has 1 aromatic carbocycles. The Labute approximate surface area is 53.0 Å². The van der Waals surface area contributed by atoms with Crippen LogP contribution in [-0.2, 0) is 5.11 Å². The Morgan fingerprint density at radius 2 is 2.22 bits per heavy atom. The first-order chi connectivity index (χ1) is 4.33. The molecule has 9 heavy (non-hydrogen) atoms. The lowest BCUT2D eigenvalue weighted by Gasteiger charge is -1.84. The van der Waals surface area contributed by atoms with Gasteiger partial charge in [0.2, 0.25) is 0 Å². The smallest absolute Gasteiger partial charge is 0.179 e. The van der Waals surface area contributed by atoms with E-state index in [1.165, 1.54) is 12.1 Å². The number of hydrogen-bond acceptors (Lipinski definition) is 1. The minimum Gasteiger partial charge on any atom is -0.290 e. The van der Waals surface area contributed by atoms with E-state index >= 15 is 0 Å². The van der Waals surface area contributed by atoms with E-state index in [0.717, 1.165) is 0 Å². The molecular weight excluding hydrogens is 114 g/mol. The van der Waals surface area contributed by atoms with Crippen LogP contribution >= 0.6 is 0 Å². The quantitative estimate of drug-likeness (QED) is 0.511. The van der Waals surface area contributed by atoms with Gasteiger partial charge in [0.15, 0.2) is 5.75 Å². The standard InChI is InChI=1S/C7H4NO/c8-5-6-2-1-3-7(9)4-6/h1-4H. The second-order valence-corrected chi connectivity index (χ2v) is 1.64. The van der Waals surface area contributed by atoms with Gasteiger partial charge in [-0.15, -0.1) is 0 Å². The number of hydrogen-bond donors (Lipinski definition) is 0. The summed E-state index contributed by atoms with van der Waals surface area (Å²) < 4.78 is 0. The van der Waals surface area contributed by atoms with Crippen LogP contribution in [0.3, 0.4) is 0 Å². The lowest BCUT2D eigenvalue weighted by molar-refractivity contribution is 0.355. The van der Waals surface area contributed by atoms with Crippen molar-refractivity contribution in [3.05, 3.63) is 29.8 Å². The van der Waals surface area contributed by atoms with Gasteiger partial charge >= 0.3 is 0 Å². The summed E-state index contributed by atoms with van der Waals surface area (Å²) in [4.78, 5) is 0. The van der Waals surface area contributed by atoms with Gasteiger partial charge in [-0.25, -0.2) is 0 Å². The molecule has 0 saturated heterocycles. The van der Waals surface area contributed by atoms with Gasteiger partial charge in [-0.2, -0.15) is 5.26 Å². The molecule has 0 fully saturated rings. The van der Waals surface area contributed by atoms with E-state index in [1.807, 2.05) is 6.07 Å². The van der Waals surface area contributed by atoms with Gasteiger partial charge in [-0.1, -0.05) is 6.07 Å². The van der Waals surface area contributed by atoms with Gasteiger partial charge < -0.3 is 0 Å². The second kappa shape index (κ2) is 2.19. The SMILES string of the molecule is N#Cc1cccc([O])c1. The lowest BCUT2D eigenvalue weighted by atomic mass is 10.2. The van der Waals surface area contributed by atoms with Gasteiger partial charge in [-0.05, 0) is 12.1 Å². The van der Waals surface area contributed by atoms with Crippen LogP contribution < -0.4 is 0 Å². The van der Waals surface area contributed by atoms with E-state index in [4.69, 9.17) is 5.26 Å². The van der Waals surface area contributed by atoms with Crippen LogP contribution in [-0.4, -0.2) is 0 Å². The maximum atomic E-state index is 10.5. The third-order valence-corrected chi connectivity index (χ3v) is 0.963. The predicted molar refractivity (Wildman–Crippen MR) is 31.3 cm³/mol. The molecule has 2 nitrogen and oxygen atoms in total. The summed E-state index contributed by atoms with van der Waals surface area (Å²) in [6, 6.07) is 7.76. The monoisotopic (exact) mass is 118 g/mol. The first-order valence-electron chi connectivity index (χ1n) is 2.50. The third kappa shape index (κ3) is 1.20. The molecule has 0 N–H and O–H groups in total. The summed E-state index contributed by atoms with van der Waals surface area (Å²) in [6.07, 6.45) is 0. The summed E-state index contributed by atoms with van der Waals surface area (Å²) in [7, 11) is 0. The van der Waals surface area contributed by atoms with Crippen molar-refractivity contribution < 1.29 is 5.11 Å². The van der Waals surface area contributed by atoms with E-state index in [-0.39, 0.29) is 5.75 Å². The zero-order chi connectivity index (χ0) is 6.69. The van der Waals surface area contributed by atoms with Crippen molar-refractivity contribution >= 4 is 0 Å². The van der Waals surface area contributed by atoms with Crippen LogP contribution in [0.2, 0.25) is 0 Å².